The van der Waals surface area contributed by atoms with Crippen LogP contribution in [-0.2, 0) is 22.9 Å². The Balaban J connectivity index is 0. The van der Waals surface area contributed by atoms with E-state index in [4.69, 9.17) is 29.2 Å². The molecule has 0 spiro atoms. The van der Waals surface area contributed by atoms with Gasteiger partial charge in [0, 0.05) is 25.9 Å². The number of aliphatic carboxylic acids is 2. The van der Waals surface area contributed by atoms with Crippen molar-refractivity contribution in [2.75, 3.05) is 26.4 Å². The molecule has 0 unspecified atom stereocenters. The van der Waals surface area contributed by atoms with Crippen LogP contribution in [0.25, 0.3) is 0 Å². The number of hydrogen-bond acceptors (Lipinski definition) is 6. The molecule has 4 N–H and O–H groups in total. The second-order valence-corrected chi connectivity index (χ2v) is 6.89. The molecular formula is C13H29NO7Si. The van der Waals surface area contributed by atoms with Crippen molar-refractivity contribution in [1.82, 2.24) is 0 Å². The quantitative estimate of drug-likeness (QED) is 0.454. The van der Waals surface area contributed by atoms with E-state index in [-0.39, 0.29) is 12.8 Å². The minimum absolute atomic E-state index is 0.296. The van der Waals surface area contributed by atoms with Crippen molar-refractivity contribution in [1.29, 1.82) is 0 Å². The van der Waals surface area contributed by atoms with Crippen LogP contribution in [-0.4, -0.2) is 57.3 Å². The molecule has 9 heteroatoms. The molecule has 0 radical (unpaired) electrons. The van der Waals surface area contributed by atoms with E-state index in [9.17, 15) is 9.59 Å². The molecule has 0 aromatic carbocycles. The summed E-state index contributed by atoms with van der Waals surface area (Å²) in [7, 11) is -2.40. The highest BCUT2D eigenvalue weighted by Gasteiger charge is 2.39. The fourth-order valence-electron chi connectivity index (χ4n) is 1.53. The molecule has 0 heterocycles. The summed E-state index contributed by atoms with van der Waals surface area (Å²) in [6, 6.07) is 0.818. The average Bonchev–Trinajstić information content (AvgIpc) is 2.44. The normalized spacial score (nSPS) is 10.7. The third-order valence-electron chi connectivity index (χ3n) is 2.33. The maximum absolute atomic E-state index is 9.64. The molecule has 0 saturated carbocycles. The molecule has 0 aliphatic rings. The van der Waals surface area contributed by atoms with Crippen LogP contribution in [0.3, 0.4) is 0 Å². The van der Waals surface area contributed by atoms with E-state index in [0.717, 1.165) is 12.5 Å². The fraction of sp³-hybridized carbons (Fsp3) is 0.846. The lowest BCUT2D eigenvalue weighted by Gasteiger charge is -2.28. The summed E-state index contributed by atoms with van der Waals surface area (Å²) in [6.45, 7) is 8.44. The Morgan fingerprint density at radius 2 is 1.27 bits per heavy atom. The molecule has 0 atom stereocenters. The Bertz CT molecular complexity index is 271. The molecule has 0 aromatic rings. The van der Waals surface area contributed by atoms with Crippen LogP contribution in [0.2, 0.25) is 6.04 Å². The lowest BCUT2D eigenvalue weighted by molar-refractivity contribution is -0.143. The van der Waals surface area contributed by atoms with E-state index in [2.05, 4.69) is 0 Å². The van der Waals surface area contributed by atoms with Crippen LogP contribution in [0.4, 0.5) is 0 Å². The van der Waals surface area contributed by atoms with Gasteiger partial charge in [-0.25, -0.2) is 0 Å². The fourth-order valence-corrected chi connectivity index (χ4v) is 4.17. The topological polar surface area (TPSA) is 128 Å². The predicted molar refractivity (Wildman–Crippen MR) is 83.6 cm³/mol. The molecular weight excluding hydrogens is 310 g/mol. The zero-order chi connectivity index (χ0) is 17.4. The Labute approximate surface area is 132 Å². The van der Waals surface area contributed by atoms with Crippen molar-refractivity contribution in [2.24, 2.45) is 5.73 Å². The van der Waals surface area contributed by atoms with E-state index in [1.165, 1.54) is 0 Å². The lowest BCUT2D eigenvalue weighted by atomic mass is 10.3. The summed E-state index contributed by atoms with van der Waals surface area (Å²) in [6.07, 6.45) is 0.302. The van der Waals surface area contributed by atoms with Crippen molar-refractivity contribution < 1.29 is 33.1 Å². The molecule has 0 bridgehead atoms. The summed E-state index contributed by atoms with van der Waals surface area (Å²) < 4.78 is 17.0. The Kier molecular flexibility index (Phi) is 15.8. The highest BCUT2D eigenvalue weighted by molar-refractivity contribution is 6.60. The number of carbonyl (C=O) groups is 2. The first-order chi connectivity index (χ1) is 10.4. The first-order valence-corrected chi connectivity index (χ1v) is 9.36. The van der Waals surface area contributed by atoms with Crippen molar-refractivity contribution >= 4 is 20.7 Å². The van der Waals surface area contributed by atoms with Crippen molar-refractivity contribution in [3.63, 3.8) is 0 Å². The minimum Gasteiger partial charge on any atom is -0.481 e. The van der Waals surface area contributed by atoms with Gasteiger partial charge in [0.1, 0.15) is 0 Å². The van der Waals surface area contributed by atoms with Crippen LogP contribution in [0.5, 0.6) is 0 Å². The van der Waals surface area contributed by atoms with Crippen molar-refractivity contribution in [3.05, 3.63) is 0 Å². The predicted octanol–water partition coefficient (Wildman–Crippen LogP) is 1.32. The van der Waals surface area contributed by atoms with Crippen LogP contribution >= 0.6 is 0 Å². The van der Waals surface area contributed by atoms with Gasteiger partial charge in [0.05, 0.1) is 12.8 Å². The number of hydrogen-bond donors (Lipinski definition) is 3. The van der Waals surface area contributed by atoms with Gasteiger partial charge < -0.3 is 29.2 Å². The zero-order valence-electron chi connectivity index (χ0n) is 13.7. The maximum atomic E-state index is 9.64. The van der Waals surface area contributed by atoms with Gasteiger partial charge in [-0.05, 0) is 33.7 Å². The Morgan fingerprint density at radius 1 is 0.909 bits per heavy atom. The first-order valence-electron chi connectivity index (χ1n) is 7.42. The Hall–Kier alpha value is -1.00. The number of nitrogens with two attached hydrogens (primary N) is 1. The molecule has 0 aliphatic heterocycles. The Morgan fingerprint density at radius 3 is 1.50 bits per heavy atom. The summed E-state index contributed by atoms with van der Waals surface area (Å²) in [5.74, 6) is -2.15. The molecule has 0 saturated heterocycles. The van der Waals surface area contributed by atoms with Gasteiger partial charge in [0.15, 0.2) is 0 Å². The summed E-state index contributed by atoms with van der Waals surface area (Å²) in [4.78, 5) is 19.3. The molecule has 0 amide bonds. The number of carboxylic acid groups (broad SMARTS) is 2. The lowest BCUT2D eigenvalue weighted by Crippen LogP contribution is -2.46. The van der Waals surface area contributed by atoms with Crippen LogP contribution < -0.4 is 5.73 Å². The van der Waals surface area contributed by atoms with Gasteiger partial charge in [-0.2, -0.15) is 0 Å². The van der Waals surface area contributed by atoms with Gasteiger partial charge in [-0.1, -0.05) is 0 Å². The number of carboxylic acids is 2. The van der Waals surface area contributed by atoms with Crippen molar-refractivity contribution in [2.45, 2.75) is 46.1 Å². The third-order valence-corrected chi connectivity index (χ3v) is 5.48. The van der Waals surface area contributed by atoms with Gasteiger partial charge in [0.2, 0.25) is 0 Å². The molecule has 132 valence electrons. The molecule has 22 heavy (non-hydrogen) atoms. The van der Waals surface area contributed by atoms with Crippen LogP contribution in [0.1, 0.15) is 40.0 Å². The van der Waals surface area contributed by atoms with Gasteiger partial charge >= 0.3 is 20.7 Å². The largest absolute Gasteiger partial charge is 0.500 e. The second-order valence-electron chi connectivity index (χ2n) is 4.16. The SMILES string of the molecule is CCO[Si](CCCN)(OCC)OCC.O=C(O)CCC(=O)O. The van der Waals surface area contributed by atoms with Gasteiger partial charge in [-0.15, -0.1) is 0 Å². The molecule has 0 aliphatic carbocycles. The maximum Gasteiger partial charge on any atom is 0.500 e. The van der Waals surface area contributed by atoms with E-state index >= 15 is 0 Å². The highest BCUT2D eigenvalue weighted by atomic mass is 28.4. The summed E-state index contributed by atoms with van der Waals surface area (Å²) in [5, 5.41) is 15.8. The molecule has 0 aromatic heterocycles. The van der Waals surface area contributed by atoms with E-state index < -0.39 is 20.7 Å². The van der Waals surface area contributed by atoms with E-state index in [0.29, 0.717) is 26.4 Å². The summed E-state index contributed by atoms with van der Waals surface area (Å²) >= 11 is 0. The standard InChI is InChI=1S/C9H23NO3Si.C4H6O4/c1-4-11-14(12-5-2,13-6-3)9-7-8-10;5-3(6)1-2-4(7)8/h4-10H2,1-3H3;1-2H2,(H,5,6)(H,7,8). The smallest absolute Gasteiger partial charge is 0.481 e. The number of rotatable bonds is 12. The van der Waals surface area contributed by atoms with Crippen molar-refractivity contribution in [3.8, 4) is 0 Å². The van der Waals surface area contributed by atoms with Crippen LogP contribution in [0, 0.1) is 0 Å². The van der Waals surface area contributed by atoms with E-state index in [1.807, 2.05) is 20.8 Å². The summed E-state index contributed by atoms with van der Waals surface area (Å²) in [5.41, 5.74) is 5.48. The average molecular weight is 339 g/mol. The molecule has 8 nitrogen and oxygen atoms in total. The van der Waals surface area contributed by atoms with Crippen LogP contribution in [0.15, 0.2) is 0 Å². The monoisotopic (exact) mass is 339 g/mol. The van der Waals surface area contributed by atoms with E-state index in [1.54, 1.807) is 0 Å². The second kappa shape index (κ2) is 14.9. The van der Waals surface area contributed by atoms with Gasteiger partial charge in [-0.3, -0.25) is 9.59 Å². The highest BCUT2D eigenvalue weighted by Crippen LogP contribution is 2.17. The van der Waals surface area contributed by atoms with Gasteiger partial charge in [0.25, 0.3) is 0 Å². The zero-order valence-corrected chi connectivity index (χ0v) is 14.7. The molecule has 0 fully saturated rings. The first kappa shape index (κ1) is 23.3. The molecule has 0 rings (SSSR count). The minimum atomic E-state index is -2.40. The third kappa shape index (κ3) is 14.0.